The van der Waals surface area contributed by atoms with E-state index in [9.17, 15) is 35.2 Å². The Morgan fingerprint density at radius 1 is 1.21 bits per heavy atom. The number of primary sulfonamides is 1. The number of hydrogen-bond acceptors (Lipinski definition) is 4. The summed E-state index contributed by atoms with van der Waals surface area (Å²) in [6, 6.07) is 2.33. The molecular weight excluding hydrogens is 469 g/mol. The maximum atomic E-state index is 14.2. The van der Waals surface area contributed by atoms with Gasteiger partial charge in [0.05, 0.1) is 5.41 Å². The highest BCUT2D eigenvalue weighted by Crippen LogP contribution is 2.55. The van der Waals surface area contributed by atoms with E-state index in [4.69, 9.17) is 5.14 Å². The molecule has 2 aliphatic carbocycles. The van der Waals surface area contributed by atoms with Crippen molar-refractivity contribution in [3.05, 3.63) is 18.3 Å². The van der Waals surface area contributed by atoms with Crippen LogP contribution in [0.5, 0.6) is 0 Å². The van der Waals surface area contributed by atoms with E-state index < -0.39 is 69.1 Å². The van der Waals surface area contributed by atoms with Gasteiger partial charge < -0.3 is 5.32 Å². The Bertz CT molecular complexity index is 997. The summed E-state index contributed by atoms with van der Waals surface area (Å²) in [6.45, 7) is 2.32. The smallest absolute Gasteiger partial charge is 0.326 e. The van der Waals surface area contributed by atoms with Gasteiger partial charge >= 0.3 is 6.18 Å². The first-order chi connectivity index (χ1) is 15.0. The molecule has 0 aromatic carbocycles. The number of halogens is 5. The van der Waals surface area contributed by atoms with E-state index in [1.54, 1.807) is 0 Å². The summed E-state index contributed by atoms with van der Waals surface area (Å²) >= 11 is 0. The van der Waals surface area contributed by atoms with Crippen LogP contribution in [0.15, 0.2) is 23.4 Å². The molecule has 0 saturated heterocycles. The molecule has 186 valence electrons. The van der Waals surface area contributed by atoms with Crippen molar-refractivity contribution >= 4 is 21.6 Å². The lowest BCUT2D eigenvalue weighted by Crippen LogP contribution is -2.42. The van der Waals surface area contributed by atoms with Crippen molar-refractivity contribution in [2.24, 2.45) is 34.2 Å². The molecule has 1 aromatic rings. The fourth-order valence-corrected chi connectivity index (χ4v) is 5.67. The van der Waals surface area contributed by atoms with Gasteiger partial charge in [-0.25, -0.2) is 27.3 Å². The second-order valence-corrected chi connectivity index (χ2v) is 11.3. The molecule has 0 spiro atoms. The highest BCUT2D eigenvalue weighted by atomic mass is 32.2. The van der Waals surface area contributed by atoms with Crippen LogP contribution in [0.2, 0.25) is 0 Å². The zero-order valence-corrected chi connectivity index (χ0v) is 19.1. The minimum Gasteiger partial charge on any atom is -0.326 e. The Labute approximate surface area is 189 Å². The number of rotatable bonds is 5. The Balaban J connectivity index is 1.79. The van der Waals surface area contributed by atoms with E-state index in [1.807, 2.05) is 0 Å². The average Bonchev–Trinajstić information content (AvgIpc) is 3.16. The number of amides is 1. The van der Waals surface area contributed by atoms with Crippen LogP contribution in [0.4, 0.5) is 27.6 Å². The number of sulfonamides is 1. The predicted molar refractivity (Wildman–Crippen MR) is 111 cm³/mol. The normalized spacial score (nSPS) is 28.5. The molecule has 2 saturated carbocycles. The molecule has 2 aliphatic rings. The van der Waals surface area contributed by atoms with Gasteiger partial charge in [0.25, 0.3) is 10.0 Å². The summed E-state index contributed by atoms with van der Waals surface area (Å²) < 4.78 is 91.9. The van der Waals surface area contributed by atoms with Crippen molar-refractivity contribution in [3.63, 3.8) is 0 Å². The number of hydrogen-bond donors (Lipinski definition) is 2. The second-order valence-electron chi connectivity index (χ2n) is 9.78. The van der Waals surface area contributed by atoms with E-state index >= 15 is 0 Å². The molecule has 3 N–H and O–H groups in total. The van der Waals surface area contributed by atoms with Crippen LogP contribution in [0.25, 0.3) is 0 Å². The number of alkyl halides is 5. The standard InChI is InChI=1S/C21H28F5N3O3S/c1-19(2,21(24,25)26)13-4-3-12(9-13)15-5-7-20(22,23)11-16(15)18(30)29-14-6-8-28-17(10-14)33(27,31)32/h6,8,10,12-13,15-16H,3-5,7,9,11H2,1-2H3,(H2,27,31,32)(H,28,29,30). The molecule has 1 amide bonds. The summed E-state index contributed by atoms with van der Waals surface area (Å²) in [5, 5.41) is 7.02. The van der Waals surface area contributed by atoms with Gasteiger partial charge in [-0.15, -0.1) is 0 Å². The number of aromatic nitrogens is 1. The van der Waals surface area contributed by atoms with Crippen molar-refractivity contribution in [1.29, 1.82) is 0 Å². The predicted octanol–water partition coefficient (Wildman–Crippen LogP) is 4.72. The molecule has 0 bridgehead atoms. The second kappa shape index (κ2) is 8.75. The molecule has 4 atom stereocenters. The van der Waals surface area contributed by atoms with Crippen LogP contribution in [0.1, 0.15) is 52.4 Å². The highest BCUT2D eigenvalue weighted by Gasteiger charge is 2.55. The molecular formula is C21H28F5N3O3S. The lowest BCUT2D eigenvalue weighted by molar-refractivity contribution is -0.229. The third-order valence-corrected chi connectivity index (χ3v) is 8.15. The summed E-state index contributed by atoms with van der Waals surface area (Å²) in [6.07, 6.45) is -3.38. The van der Waals surface area contributed by atoms with Crippen molar-refractivity contribution in [2.75, 3.05) is 5.32 Å². The quantitative estimate of drug-likeness (QED) is 0.575. The van der Waals surface area contributed by atoms with Crippen LogP contribution in [0, 0.1) is 29.1 Å². The molecule has 0 radical (unpaired) electrons. The fourth-order valence-electron chi connectivity index (χ4n) is 5.18. The summed E-state index contributed by atoms with van der Waals surface area (Å²) in [4.78, 5) is 16.6. The van der Waals surface area contributed by atoms with Gasteiger partial charge in [0.2, 0.25) is 11.8 Å². The van der Waals surface area contributed by atoms with E-state index in [0.29, 0.717) is 12.8 Å². The van der Waals surface area contributed by atoms with E-state index in [2.05, 4.69) is 10.3 Å². The third kappa shape index (κ3) is 5.64. The number of anilines is 1. The molecule has 3 rings (SSSR count). The first-order valence-corrected chi connectivity index (χ1v) is 12.3. The zero-order chi connectivity index (χ0) is 24.8. The number of pyridine rings is 1. The SMILES string of the molecule is CC(C)(C1CCC(C2CCC(F)(F)CC2C(=O)Nc2ccnc(S(N)(=O)=O)c2)C1)C(F)(F)F. The van der Waals surface area contributed by atoms with Gasteiger partial charge in [0.15, 0.2) is 5.03 Å². The minimum absolute atomic E-state index is 0.0354. The van der Waals surface area contributed by atoms with Crippen LogP contribution in [0.3, 0.4) is 0 Å². The lowest BCUT2D eigenvalue weighted by Gasteiger charge is -2.39. The first-order valence-electron chi connectivity index (χ1n) is 10.8. The highest BCUT2D eigenvalue weighted by molar-refractivity contribution is 7.89. The maximum absolute atomic E-state index is 14.2. The topological polar surface area (TPSA) is 102 Å². The largest absolute Gasteiger partial charge is 0.394 e. The zero-order valence-electron chi connectivity index (χ0n) is 18.3. The summed E-state index contributed by atoms with van der Waals surface area (Å²) in [5.74, 6) is -6.31. The van der Waals surface area contributed by atoms with Gasteiger partial charge in [-0.2, -0.15) is 13.2 Å². The van der Waals surface area contributed by atoms with Gasteiger partial charge in [0.1, 0.15) is 0 Å². The van der Waals surface area contributed by atoms with Crippen molar-refractivity contribution in [2.45, 2.75) is 69.5 Å². The monoisotopic (exact) mass is 497 g/mol. The van der Waals surface area contributed by atoms with E-state index in [1.165, 1.54) is 6.07 Å². The molecule has 4 unspecified atom stereocenters. The van der Waals surface area contributed by atoms with Gasteiger partial charge in [-0.05, 0) is 49.5 Å². The average molecular weight is 498 g/mol. The van der Waals surface area contributed by atoms with Crippen molar-refractivity contribution in [1.82, 2.24) is 4.98 Å². The summed E-state index contributed by atoms with van der Waals surface area (Å²) in [5.41, 5.74) is -1.87. The molecule has 33 heavy (non-hydrogen) atoms. The first kappa shape index (κ1) is 25.8. The van der Waals surface area contributed by atoms with Crippen molar-refractivity contribution in [3.8, 4) is 0 Å². The van der Waals surface area contributed by atoms with Crippen LogP contribution >= 0.6 is 0 Å². The van der Waals surface area contributed by atoms with Gasteiger partial charge in [-0.3, -0.25) is 4.79 Å². The molecule has 0 aliphatic heterocycles. The summed E-state index contributed by atoms with van der Waals surface area (Å²) in [7, 11) is -4.13. The molecule has 12 heteroatoms. The third-order valence-electron chi connectivity index (χ3n) is 7.34. The number of nitrogens with one attached hydrogen (secondary N) is 1. The Morgan fingerprint density at radius 3 is 2.48 bits per heavy atom. The Kier molecular flexibility index (Phi) is 6.84. The van der Waals surface area contributed by atoms with Gasteiger partial charge in [0, 0.05) is 36.7 Å². The lowest BCUT2D eigenvalue weighted by atomic mass is 9.69. The van der Waals surface area contributed by atoms with E-state index in [0.717, 1.165) is 26.1 Å². The van der Waals surface area contributed by atoms with Crippen molar-refractivity contribution < 1.29 is 35.2 Å². The minimum atomic E-state index is -4.38. The van der Waals surface area contributed by atoms with E-state index in [-0.39, 0.29) is 24.4 Å². The van der Waals surface area contributed by atoms with Crippen LogP contribution in [-0.4, -0.2) is 31.4 Å². The number of carbonyl (C=O) groups is 1. The van der Waals surface area contributed by atoms with Crippen LogP contribution in [-0.2, 0) is 14.8 Å². The van der Waals surface area contributed by atoms with Crippen LogP contribution < -0.4 is 10.5 Å². The van der Waals surface area contributed by atoms with Gasteiger partial charge in [-0.1, -0.05) is 13.8 Å². The fraction of sp³-hybridized carbons (Fsp3) is 0.714. The number of nitrogens with two attached hydrogens (primary N) is 1. The number of carbonyl (C=O) groups excluding carboxylic acids is 1. The number of nitrogens with zero attached hydrogens (tertiary/aromatic N) is 1. The molecule has 2 fully saturated rings. The molecule has 1 aromatic heterocycles. The maximum Gasteiger partial charge on any atom is 0.394 e. The Morgan fingerprint density at radius 2 is 1.88 bits per heavy atom. The molecule has 6 nitrogen and oxygen atoms in total. The molecule has 1 heterocycles. The Hall–Kier alpha value is -1.82.